The Labute approximate surface area is 180 Å². The first-order chi connectivity index (χ1) is 15.1. The standard InChI is InChI=1S/C24H23FN4O2/c25-20-6-8-21(9-7-20)28-10-12-29(13-11-28)22(23-5-2-14-31-23)17-27-24(30)19-4-1-3-18(15-19)16-26/h1-9,14-15,22H,10-13,17H2,(H,27,30). The summed E-state index contributed by atoms with van der Waals surface area (Å²) in [5, 5.41) is 12.0. The molecule has 4 rings (SSSR count). The summed E-state index contributed by atoms with van der Waals surface area (Å²) in [7, 11) is 0. The van der Waals surface area contributed by atoms with Gasteiger partial charge >= 0.3 is 0 Å². The fourth-order valence-corrected chi connectivity index (χ4v) is 3.86. The molecule has 0 bridgehead atoms. The molecule has 0 aliphatic carbocycles. The van der Waals surface area contributed by atoms with Gasteiger partial charge < -0.3 is 14.6 Å². The maximum atomic E-state index is 13.2. The van der Waals surface area contributed by atoms with Crippen LogP contribution in [-0.4, -0.2) is 43.5 Å². The molecule has 1 N–H and O–H groups in total. The van der Waals surface area contributed by atoms with E-state index in [9.17, 15) is 9.18 Å². The van der Waals surface area contributed by atoms with E-state index in [2.05, 4.69) is 21.2 Å². The lowest BCUT2D eigenvalue weighted by Crippen LogP contribution is -2.49. The first-order valence-corrected chi connectivity index (χ1v) is 10.2. The van der Waals surface area contributed by atoms with Gasteiger partial charge in [0.05, 0.1) is 23.9 Å². The van der Waals surface area contributed by atoms with Gasteiger partial charge in [0.1, 0.15) is 11.6 Å². The number of carbonyl (C=O) groups excluding carboxylic acids is 1. The van der Waals surface area contributed by atoms with Gasteiger partial charge in [0.2, 0.25) is 0 Å². The third kappa shape index (κ3) is 4.93. The van der Waals surface area contributed by atoms with E-state index in [1.54, 1.807) is 42.7 Å². The fraction of sp³-hybridized carbons (Fsp3) is 0.250. The molecule has 1 aliphatic rings. The second-order valence-electron chi connectivity index (χ2n) is 7.43. The van der Waals surface area contributed by atoms with E-state index in [4.69, 9.17) is 9.68 Å². The average Bonchev–Trinajstić information content (AvgIpc) is 3.35. The van der Waals surface area contributed by atoms with E-state index >= 15 is 0 Å². The first kappa shape index (κ1) is 20.6. The second kappa shape index (κ2) is 9.45. The fourth-order valence-electron chi connectivity index (χ4n) is 3.86. The number of halogens is 1. The number of amides is 1. The molecule has 31 heavy (non-hydrogen) atoms. The molecule has 0 radical (unpaired) electrons. The predicted molar refractivity (Wildman–Crippen MR) is 115 cm³/mol. The summed E-state index contributed by atoms with van der Waals surface area (Å²) in [5.41, 5.74) is 1.91. The molecule has 1 atom stereocenters. The van der Waals surface area contributed by atoms with Crippen molar-refractivity contribution in [1.29, 1.82) is 5.26 Å². The van der Waals surface area contributed by atoms with Gasteiger partial charge in [-0.15, -0.1) is 0 Å². The van der Waals surface area contributed by atoms with Gasteiger partial charge in [-0.3, -0.25) is 9.69 Å². The van der Waals surface area contributed by atoms with Gasteiger partial charge in [0.25, 0.3) is 5.91 Å². The Kier molecular flexibility index (Phi) is 6.29. The van der Waals surface area contributed by atoms with Crippen molar-refractivity contribution in [3.63, 3.8) is 0 Å². The van der Waals surface area contributed by atoms with Gasteiger partial charge in [0.15, 0.2) is 0 Å². The minimum absolute atomic E-state index is 0.103. The van der Waals surface area contributed by atoms with Crippen LogP contribution in [0.3, 0.4) is 0 Å². The summed E-state index contributed by atoms with van der Waals surface area (Å²) >= 11 is 0. The van der Waals surface area contributed by atoms with Crippen molar-refractivity contribution < 1.29 is 13.6 Å². The summed E-state index contributed by atoms with van der Waals surface area (Å²) in [6.45, 7) is 3.53. The van der Waals surface area contributed by atoms with E-state index < -0.39 is 0 Å². The molecule has 7 heteroatoms. The summed E-state index contributed by atoms with van der Waals surface area (Å²) < 4.78 is 18.9. The lowest BCUT2D eigenvalue weighted by molar-refractivity contribution is 0.0923. The quantitative estimate of drug-likeness (QED) is 0.662. The van der Waals surface area contributed by atoms with E-state index in [-0.39, 0.29) is 17.8 Å². The van der Waals surface area contributed by atoms with Crippen molar-refractivity contribution >= 4 is 11.6 Å². The van der Waals surface area contributed by atoms with Crippen LogP contribution in [0.2, 0.25) is 0 Å². The van der Waals surface area contributed by atoms with Crippen molar-refractivity contribution in [2.45, 2.75) is 6.04 Å². The Balaban J connectivity index is 1.41. The summed E-state index contributed by atoms with van der Waals surface area (Å²) in [4.78, 5) is 17.1. The molecule has 1 unspecified atom stereocenters. The van der Waals surface area contributed by atoms with E-state index in [0.717, 1.165) is 37.6 Å². The van der Waals surface area contributed by atoms with E-state index in [0.29, 0.717) is 17.7 Å². The number of nitriles is 1. The SMILES string of the molecule is N#Cc1cccc(C(=O)NCC(c2ccco2)N2CCN(c3ccc(F)cc3)CC2)c1. The zero-order chi connectivity index (χ0) is 21.6. The molecule has 0 spiro atoms. The molecular formula is C24H23FN4O2. The minimum Gasteiger partial charge on any atom is -0.468 e. The Morgan fingerprint density at radius 2 is 1.87 bits per heavy atom. The highest BCUT2D eigenvalue weighted by Crippen LogP contribution is 2.24. The molecule has 0 saturated carbocycles. The minimum atomic E-state index is -0.240. The zero-order valence-electron chi connectivity index (χ0n) is 17.0. The van der Waals surface area contributed by atoms with Gasteiger partial charge in [-0.1, -0.05) is 6.07 Å². The van der Waals surface area contributed by atoms with Crippen LogP contribution in [0.1, 0.15) is 27.7 Å². The van der Waals surface area contributed by atoms with Crippen molar-refractivity contribution in [2.75, 3.05) is 37.6 Å². The molecule has 6 nitrogen and oxygen atoms in total. The van der Waals surface area contributed by atoms with Crippen molar-refractivity contribution in [3.05, 3.63) is 89.6 Å². The molecule has 1 amide bonds. The number of piperazine rings is 1. The molecular weight excluding hydrogens is 395 g/mol. The molecule has 2 heterocycles. The van der Waals surface area contributed by atoms with Crippen LogP contribution in [0.5, 0.6) is 0 Å². The van der Waals surface area contributed by atoms with Crippen LogP contribution >= 0.6 is 0 Å². The van der Waals surface area contributed by atoms with Crippen LogP contribution in [0.4, 0.5) is 10.1 Å². The monoisotopic (exact) mass is 418 g/mol. The van der Waals surface area contributed by atoms with Crippen LogP contribution in [-0.2, 0) is 0 Å². The van der Waals surface area contributed by atoms with E-state index in [1.807, 2.05) is 12.1 Å². The predicted octanol–water partition coefficient (Wildman–Crippen LogP) is 3.58. The number of nitrogens with one attached hydrogen (secondary N) is 1. The molecule has 1 aliphatic heterocycles. The van der Waals surface area contributed by atoms with Crippen molar-refractivity contribution in [3.8, 4) is 6.07 Å². The third-order valence-corrected chi connectivity index (χ3v) is 5.53. The van der Waals surface area contributed by atoms with Crippen LogP contribution in [0, 0.1) is 17.1 Å². The summed E-state index contributed by atoms with van der Waals surface area (Å²) in [5.74, 6) is 0.330. The van der Waals surface area contributed by atoms with Crippen LogP contribution < -0.4 is 10.2 Å². The number of nitrogens with zero attached hydrogens (tertiary/aromatic N) is 3. The number of hydrogen-bond donors (Lipinski definition) is 1. The zero-order valence-corrected chi connectivity index (χ0v) is 17.0. The maximum Gasteiger partial charge on any atom is 0.251 e. The molecule has 1 saturated heterocycles. The van der Waals surface area contributed by atoms with Crippen LogP contribution in [0.15, 0.2) is 71.3 Å². The molecule has 158 valence electrons. The number of anilines is 1. The first-order valence-electron chi connectivity index (χ1n) is 10.2. The van der Waals surface area contributed by atoms with Gasteiger partial charge in [-0.2, -0.15) is 5.26 Å². The van der Waals surface area contributed by atoms with Crippen molar-refractivity contribution in [1.82, 2.24) is 10.2 Å². The normalized spacial score (nSPS) is 15.3. The molecule has 2 aromatic carbocycles. The summed E-state index contributed by atoms with van der Waals surface area (Å²) in [6.07, 6.45) is 1.63. The van der Waals surface area contributed by atoms with Gasteiger partial charge in [-0.05, 0) is 54.6 Å². The lowest BCUT2D eigenvalue weighted by atomic mass is 10.1. The highest BCUT2D eigenvalue weighted by Gasteiger charge is 2.27. The van der Waals surface area contributed by atoms with Crippen molar-refractivity contribution in [2.24, 2.45) is 0 Å². The summed E-state index contributed by atoms with van der Waals surface area (Å²) in [6, 6.07) is 18.9. The Morgan fingerprint density at radius 3 is 2.55 bits per heavy atom. The highest BCUT2D eigenvalue weighted by atomic mass is 19.1. The number of rotatable bonds is 6. The maximum absolute atomic E-state index is 13.2. The largest absolute Gasteiger partial charge is 0.468 e. The highest BCUT2D eigenvalue weighted by molar-refractivity contribution is 5.94. The number of benzene rings is 2. The smallest absolute Gasteiger partial charge is 0.251 e. The number of furan rings is 1. The molecule has 3 aromatic rings. The second-order valence-corrected chi connectivity index (χ2v) is 7.43. The third-order valence-electron chi connectivity index (χ3n) is 5.53. The Morgan fingerprint density at radius 1 is 1.10 bits per heavy atom. The average molecular weight is 418 g/mol. The van der Waals surface area contributed by atoms with Gasteiger partial charge in [-0.25, -0.2) is 4.39 Å². The molecule has 1 fully saturated rings. The number of hydrogen-bond acceptors (Lipinski definition) is 5. The lowest BCUT2D eigenvalue weighted by Gasteiger charge is -2.39. The molecule has 1 aromatic heterocycles. The Bertz CT molecular complexity index is 1050. The van der Waals surface area contributed by atoms with E-state index in [1.165, 1.54) is 12.1 Å². The van der Waals surface area contributed by atoms with Crippen LogP contribution in [0.25, 0.3) is 0 Å². The number of carbonyl (C=O) groups is 1. The van der Waals surface area contributed by atoms with Gasteiger partial charge in [0, 0.05) is 44.0 Å². The Hall–Kier alpha value is -3.63. The topological polar surface area (TPSA) is 72.5 Å².